The van der Waals surface area contributed by atoms with Gasteiger partial charge in [-0.05, 0) is 49.5 Å². The maximum atomic E-state index is 13.0. The monoisotopic (exact) mass is 384 g/mol. The van der Waals surface area contributed by atoms with Gasteiger partial charge in [0.1, 0.15) is 11.5 Å². The molecule has 0 saturated carbocycles. The number of carbonyl (C=O) groups excluding carboxylic acids is 1. The van der Waals surface area contributed by atoms with E-state index in [9.17, 15) is 4.79 Å². The minimum absolute atomic E-state index is 0.266. The van der Waals surface area contributed by atoms with E-state index in [1.165, 1.54) is 0 Å². The summed E-state index contributed by atoms with van der Waals surface area (Å²) in [5, 5.41) is 9.47. The standard InChI is InChI=1S/C19H20N4O3S/c1-11-16(18(24)22-12-5-4-8-20-10-12)17(23-19(27)21-11)14-9-13(25-2)6-7-15(14)26-3/h4-10,17H,1-3H3,(H,22,24)(H2,21,23,27)/t17-/m0/s1. The van der Waals surface area contributed by atoms with E-state index in [-0.39, 0.29) is 5.91 Å². The number of allylic oxidation sites excluding steroid dienone is 1. The van der Waals surface area contributed by atoms with Crippen molar-refractivity contribution in [2.45, 2.75) is 13.0 Å². The summed E-state index contributed by atoms with van der Waals surface area (Å²) in [6.07, 6.45) is 3.23. The molecule has 1 aliphatic heterocycles. The molecular weight excluding hydrogens is 364 g/mol. The molecule has 27 heavy (non-hydrogen) atoms. The van der Waals surface area contributed by atoms with Gasteiger partial charge in [0.15, 0.2) is 5.11 Å². The number of ether oxygens (including phenoxy) is 2. The van der Waals surface area contributed by atoms with Crippen molar-refractivity contribution in [2.75, 3.05) is 19.5 Å². The molecule has 2 aromatic rings. The third-order valence-corrected chi connectivity index (χ3v) is 4.40. The topological polar surface area (TPSA) is 84.5 Å². The second-order valence-electron chi connectivity index (χ2n) is 5.87. The Morgan fingerprint density at radius 3 is 2.74 bits per heavy atom. The van der Waals surface area contributed by atoms with E-state index in [4.69, 9.17) is 21.7 Å². The molecule has 0 spiro atoms. The highest BCUT2D eigenvalue weighted by Crippen LogP contribution is 2.35. The lowest BCUT2D eigenvalue weighted by molar-refractivity contribution is -0.113. The maximum Gasteiger partial charge on any atom is 0.255 e. The average Bonchev–Trinajstić information content (AvgIpc) is 2.67. The fourth-order valence-electron chi connectivity index (χ4n) is 2.93. The van der Waals surface area contributed by atoms with Crippen LogP contribution in [0.25, 0.3) is 0 Å². The smallest absolute Gasteiger partial charge is 0.255 e. The Hall–Kier alpha value is -3.13. The molecular formula is C19H20N4O3S. The zero-order valence-electron chi connectivity index (χ0n) is 15.2. The lowest BCUT2D eigenvalue weighted by Crippen LogP contribution is -2.45. The minimum Gasteiger partial charge on any atom is -0.497 e. The highest BCUT2D eigenvalue weighted by Gasteiger charge is 2.32. The molecule has 3 rings (SSSR count). The van der Waals surface area contributed by atoms with Crippen molar-refractivity contribution in [3.63, 3.8) is 0 Å². The third kappa shape index (κ3) is 4.01. The molecule has 1 aromatic carbocycles. The summed E-state index contributed by atoms with van der Waals surface area (Å²) < 4.78 is 10.8. The van der Waals surface area contributed by atoms with E-state index in [1.807, 2.05) is 13.0 Å². The Morgan fingerprint density at radius 2 is 2.07 bits per heavy atom. The van der Waals surface area contributed by atoms with Crippen LogP contribution in [0.15, 0.2) is 54.0 Å². The number of aromatic nitrogens is 1. The molecule has 3 N–H and O–H groups in total. The van der Waals surface area contributed by atoms with Crippen molar-refractivity contribution < 1.29 is 14.3 Å². The summed E-state index contributed by atoms with van der Waals surface area (Å²) in [5.41, 5.74) is 2.51. The van der Waals surface area contributed by atoms with Gasteiger partial charge in [0.2, 0.25) is 0 Å². The van der Waals surface area contributed by atoms with Gasteiger partial charge in [-0.3, -0.25) is 9.78 Å². The zero-order chi connectivity index (χ0) is 19.4. The van der Waals surface area contributed by atoms with Crippen LogP contribution in [0.3, 0.4) is 0 Å². The van der Waals surface area contributed by atoms with Crippen molar-refractivity contribution in [1.82, 2.24) is 15.6 Å². The summed E-state index contributed by atoms with van der Waals surface area (Å²) in [5.74, 6) is 1.01. The fourth-order valence-corrected chi connectivity index (χ4v) is 3.20. The van der Waals surface area contributed by atoms with Crippen LogP contribution in [-0.2, 0) is 4.79 Å². The van der Waals surface area contributed by atoms with Gasteiger partial charge in [0, 0.05) is 17.5 Å². The van der Waals surface area contributed by atoms with Gasteiger partial charge in [0.05, 0.1) is 37.7 Å². The molecule has 1 aliphatic rings. The van der Waals surface area contributed by atoms with Crippen LogP contribution in [0.4, 0.5) is 5.69 Å². The largest absolute Gasteiger partial charge is 0.497 e. The first-order chi connectivity index (χ1) is 13.0. The summed E-state index contributed by atoms with van der Waals surface area (Å²) in [7, 11) is 3.17. The molecule has 0 bridgehead atoms. The Labute approximate surface area is 162 Å². The number of thiocarbonyl (C=S) groups is 1. The number of anilines is 1. The quantitative estimate of drug-likeness (QED) is 0.683. The molecule has 8 heteroatoms. The van der Waals surface area contributed by atoms with Crippen molar-refractivity contribution in [3.8, 4) is 11.5 Å². The highest BCUT2D eigenvalue weighted by molar-refractivity contribution is 7.80. The van der Waals surface area contributed by atoms with Gasteiger partial charge in [-0.25, -0.2) is 0 Å². The van der Waals surface area contributed by atoms with Gasteiger partial charge in [-0.2, -0.15) is 0 Å². The normalized spacial score (nSPS) is 16.3. The first-order valence-electron chi connectivity index (χ1n) is 8.25. The van der Waals surface area contributed by atoms with Gasteiger partial charge >= 0.3 is 0 Å². The molecule has 2 heterocycles. The number of carbonyl (C=O) groups is 1. The number of nitrogens with zero attached hydrogens (tertiary/aromatic N) is 1. The van der Waals surface area contributed by atoms with Crippen molar-refractivity contribution >= 4 is 28.9 Å². The molecule has 140 valence electrons. The molecule has 0 saturated heterocycles. The molecule has 7 nitrogen and oxygen atoms in total. The summed E-state index contributed by atoms with van der Waals surface area (Å²) in [4.78, 5) is 17.1. The number of amides is 1. The predicted octanol–water partition coefficient (Wildman–Crippen LogP) is 2.53. The number of benzene rings is 1. The lowest BCUT2D eigenvalue weighted by atomic mass is 9.94. The predicted molar refractivity (Wildman–Crippen MR) is 107 cm³/mol. The average molecular weight is 384 g/mol. The van der Waals surface area contributed by atoms with Gasteiger partial charge in [-0.15, -0.1) is 0 Å². The molecule has 1 aromatic heterocycles. The Balaban J connectivity index is 2.03. The van der Waals surface area contributed by atoms with Crippen LogP contribution < -0.4 is 25.4 Å². The molecule has 1 amide bonds. The summed E-state index contributed by atoms with van der Waals surface area (Å²) in [6, 6.07) is 8.46. The second-order valence-corrected chi connectivity index (χ2v) is 6.28. The Kier molecular flexibility index (Phi) is 5.56. The second kappa shape index (κ2) is 8.05. The minimum atomic E-state index is -0.500. The number of hydrogen-bond acceptors (Lipinski definition) is 5. The van der Waals surface area contributed by atoms with Gasteiger partial charge in [-0.1, -0.05) is 0 Å². The zero-order valence-corrected chi connectivity index (χ0v) is 16.0. The third-order valence-electron chi connectivity index (χ3n) is 4.18. The molecule has 1 atom stereocenters. The number of hydrogen-bond donors (Lipinski definition) is 3. The van der Waals surface area contributed by atoms with Crippen molar-refractivity contribution in [2.24, 2.45) is 0 Å². The van der Waals surface area contributed by atoms with Crippen LogP contribution in [0.1, 0.15) is 18.5 Å². The Morgan fingerprint density at radius 1 is 1.26 bits per heavy atom. The first-order valence-corrected chi connectivity index (χ1v) is 8.66. The number of pyridine rings is 1. The Bertz CT molecular complexity index is 899. The van der Waals surface area contributed by atoms with E-state index in [2.05, 4.69) is 20.9 Å². The number of nitrogens with one attached hydrogen (secondary N) is 3. The summed E-state index contributed by atoms with van der Waals surface area (Å²) >= 11 is 5.30. The van der Waals surface area contributed by atoms with Crippen LogP contribution in [0, 0.1) is 0 Å². The highest BCUT2D eigenvalue weighted by atomic mass is 32.1. The number of rotatable bonds is 5. The molecule has 0 fully saturated rings. The summed E-state index contributed by atoms with van der Waals surface area (Å²) in [6.45, 7) is 1.81. The van der Waals surface area contributed by atoms with Crippen molar-refractivity contribution in [3.05, 3.63) is 59.6 Å². The number of methoxy groups -OCH3 is 2. The van der Waals surface area contributed by atoms with E-state index in [0.717, 1.165) is 5.56 Å². The van der Waals surface area contributed by atoms with E-state index >= 15 is 0 Å². The van der Waals surface area contributed by atoms with Gasteiger partial charge in [0.25, 0.3) is 5.91 Å². The molecule has 0 radical (unpaired) electrons. The first kappa shape index (κ1) is 18.7. The van der Waals surface area contributed by atoms with Crippen LogP contribution in [-0.4, -0.2) is 30.2 Å². The lowest BCUT2D eigenvalue weighted by Gasteiger charge is -2.31. The van der Waals surface area contributed by atoms with Gasteiger partial charge < -0.3 is 25.4 Å². The molecule has 0 aliphatic carbocycles. The fraction of sp³-hybridized carbons (Fsp3) is 0.211. The van der Waals surface area contributed by atoms with Crippen molar-refractivity contribution in [1.29, 1.82) is 0 Å². The van der Waals surface area contributed by atoms with E-state index in [1.54, 1.807) is 50.9 Å². The van der Waals surface area contributed by atoms with Crippen LogP contribution in [0.5, 0.6) is 11.5 Å². The van der Waals surface area contributed by atoms with Crippen LogP contribution >= 0.6 is 12.2 Å². The maximum absolute atomic E-state index is 13.0. The van der Waals surface area contributed by atoms with E-state index in [0.29, 0.717) is 33.6 Å². The molecule has 0 unspecified atom stereocenters. The van der Waals surface area contributed by atoms with E-state index < -0.39 is 6.04 Å². The SMILES string of the molecule is COc1ccc(OC)c([C@@H]2NC(=S)NC(C)=C2C(=O)Nc2cccnc2)c1. The van der Waals surface area contributed by atoms with Crippen LogP contribution in [0.2, 0.25) is 0 Å².